The van der Waals surface area contributed by atoms with Crippen LogP contribution in [0.2, 0.25) is 0 Å². The third kappa shape index (κ3) is 3.96. The molecule has 0 bridgehead atoms. The van der Waals surface area contributed by atoms with Gasteiger partial charge in [-0.05, 0) is 59.9 Å². The molecule has 2 rings (SSSR count). The van der Waals surface area contributed by atoms with Crippen LogP contribution < -0.4 is 10.0 Å². The summed E-state index contributed by atoms with van der Waals surface area (Å²) in [4.78, 5) is 0. The van der Waals surface area contributed by atoms with Gasteiger partial charge in [0.15, 0.2) is 0 Å². The fourth-order valence-corrected chi connectivity index (χ4v) is 4.18. The Morgan fingerprint density at radius 1 is 1.28 bits per heavy atom. The van der Waals surface area contributed by atoms with Crippen molar-refractivity contribution >= 4 is 31.6 Å². The number of hydrogen-bond donors (Lipinski definition) is 2. The summed E-state index contributed by atoms with van der Waals surface area (Å²) in [5.74, 6) is 0.460. The van der Waals surface area contributed by atoms with E-state index in [-0.39, 0.29) is 11.7 Å². The van der Waals surface area contributed by atoms with Gasteiger partial charge in [-0.1, -0.05) is 12.1 Å². The summed E-state index contributed by atoms with van der Waals surface area (Å²) in [5.41, 5.74) is 0.603. The van der Waals surface area contributed by atoms with Crippen LogP contribution >= 0.6 is 15.9 Å². The van der Waals surface area contributed by atoms with Gasteiger partial charge in [-0.25, -0.2) is 8.42 Å². The number of benzene rings is 1. The van der Waals surface area contributed by atoms with E-state index in [9.17, 15) is 8.42 Å². The smallest absolute Gasteiger partial charge is 0.233 e. The van der Waals surface area contributed by atoms with Crippen LogP contribution in [0.25, 0.3) is 0 Å². The second-order valence-electron chi connectivity index (χ2n) is 4.56. The zero-order chi connectivity index (χ0) is 13.0. The molecule has 18 heavy (non-hydrogen) atoms. The van der Waals surface area contributed by atoms with Gasteiger partial charge < -0.3 is 5.32 Å². The molecule has 0 unspecified atom stereocenters. The zero-order valence-electron chi connectivity index (χ0n) is 10.0. The van der Waals surface area contributed by atoms with Crippen molar-refractivity contribution < 1.29 is 8.42 Å². The van der Waals surface area contributed by atoms with Crippen molar-refractivity contribution in [2.75, 3.05) is 23.6 Å². The van der Waals surface area contributed by atoms with E-state index in [1.165, 1.54) is 0 Å². The lowest BCUT2D eigenvalue weighted by molar-refractivity contribution is 0.402. The number of para-hydroxylation sites is 1. The van der Waals surface area contributed by atoms with Crippen molar-refractivity contribution in [3.8, 4) is 0 Å². The van der Waals surface area contributed by atoms with E-state index < -0.39 is 10.0 Å². The summed E-state index contributed by atoms with van der Waals surface area (Å²) in [6.45, 7) is 1.82. The molecule has 1 heterocycles. The highest BCUT2D eigenvalue weighted by Crippen LogP contribution is 2.23. The highest BCUT2D eigenvalue weighted by Gasteiger charge is 2.21. The number of sulfonamides is 1. The average molecular weight is 333 g/mol. The molecule has 0 spiro atoms. The van der Waals surface area contributed by atoms with Crippen LogP contribution in [-0.4, -0.2) is 27.3 Å². The van der Waals surface area contributed by atoms with Crippen LogP contribution in [0.3, 0.4) is 0 Å². The topological polar surface area (TPSA) is 58.2 Å². The molecule has 0 atom stereocenters. The first-order valence-corrected chi connectivity index (χ1v) is 8.47. The first-order chi connectivity index (χ1) is 8.57. The molecule has 4 nitrogen and oxygen atoms in total. The number of anilines is 1. The van der Waals surface area contributed by atoms with Crippen molar-refractivity contribution in [1.82, 2.24) is 5.32 Å². The maximum absolute atomic E-state index is 12.1. The van der Waals surface area contributed by atoms with E-state index in [2.05, 4.69) is 26.0 Å². The van der Waals surface area contributed by atoms with Gasteiger partial charge >= 0.3 is 0 Å². The fourth-order valence-electron chi connectivity index (χ4n) is 2.11. The summed E-state index contributed by atoms with van der Waals surface area (Å²) >= 11 is 3.34. The van der Waals surface area contributed by atoms with Gasteiger partial charge in [-0.15, -0.1) is 0 Å². The van der Waals surface area contributed by atoms with E-state index in [0.717, 1.165) is 30.4 Å². The number of rotatable bonds is 4. The quantitative estimate of drug-likeness (QED) is 0.888. The predicted octanol–water partition coefficient (Wildman–Crippen LogP) is 2.19. The molecule has 0 aromatic heterocycles. The molecule has 0 radical (unpaired) electrons. The lowest BCUT2D eigenvalue weighted by Crippen LogP contribution is -2.33. The Balaban J connectivity index is 2.01. The molecular formula is C12H17BrN2O2S. The van der Waals surface area contributed by atoms with Crippen LogP contribution in [0.5, 0.6) is 0 Å². The number of nitrogens with one attached hydrogen (secondary N) is 2. The van der Waals surface area contributed by atoms with Crippen molar-refractivity contribution in [2.45, 2.75) is 12.8 Å². The van der Waals surface area contributed by atoms with E-state index >= 15 is 0 Å². The lowest BCUT2D eigenvalue weighted by Gasteiger charge is -2.22. The summed E-state index contributed by atoms with van der Waals surface area (Å²) in [6.07, 6.45) is 1.85. The molecule has 100 valence electrons. The Hall–Kier alpha value is -0.590. The molecule has 1 aromatic rings. The van der Waals surface area contributed by atoms with E-state index in [1.54, 1.807) is 6.07 Å². The van der Waals surface area contributed by atoms with Crippen LogP contribution in [-0.2, 0) is 10.0 Å². The number of hydrogen-bond acceptors (Lipinski definition) is 3. The molecule has 2 N–H and O–H groups in total. The Morgan fingerprint density at radius 3 is 2.61 bits per heavy atom. The van der Waals surface area contributed by atoms with Gasteiger partial charge in [-0.3, -0.25) is 4.72 Å². The monoisotopic (exact) mass is 332 g/mol. The Labute approximate surface area is 116 Å². The van der Waals surface area contributed by atoms with Crippen LogP contribution in [0, 0.1) is 5.92 Å². The third-order valence-electron chi connectivity index (χ3n) is 3.05. The number of halogens is 1. The molecule has 1 aromatic carbocycles. The summed E-state index contributed by atoms with van der Waals surface area (Å²) in [6, 6.07) is 7.24. The normalized spacial score (nSPS) is 17.6. The van der Waals surface area contributed by atoms with Gasteiger partial charge in [0.2, 0.25) is 10.0 Å². The minimum atomic E-state index is -3.26. The van der Waals surface area contributed by atoms with Crippen molar-refractivity contribution in [3.63, 3.8) is 0 Å². The Morgan fingerprint density at radius 2 is 1.94 bits per heavy atom. The molecule has 1 fully saturated rings. The van der Waals surface area contributed by atoms with Gasteiger partial charge in [-0.2, -0.15) is 0 Å². The highest BCUT2D eigenvalue weighted by atomic mass is 79.9. The largest absolute Gasteiger partial charge is 0.317 e. The van der Waals surface area contributed by atoms with Crippen molar-refractivity contribution in [2.24, 2.45) is 5.92 Å². The zero-order valence-corrected chi connectivity index (χ0v) is 12.4. The minimum absolute atomic E-state index is 0.204. The second-order valence-corrected chi connectivity index (χ2v) is 7.18. The Kier molecular flexibility index (Phi) is 4.64. The standard InChI is InChI=1S/C12H17BrN2O2S/c13-11-3-1-2-4-12(11)15-18(16,17)9-10-5-7-14-8-6-10/h1-4,10,14-15H,5-9H2. The minimum Gasteiger partial charge on any atom is -0.317 e. The van der Waals surface area contributed by atoms with E-state index in [1.807, 2.05) is 18.2 Å². The van der Waals surface area contributed by atoms with Crippen LogP contribution in [0.1, 0.15) is 12.8 Å². The molecule has 6 heteroatoms. The highest BCUT2D eigenvalue weighted by molar-refractivity contribution is 9.10. The second kappa shape index (κ2) is 6.04. The maximum atomic E-state index is 12.1. The molecule has 1 saturated heterocycles. The van der Waals surface area contributed by atoms with Crippen molar-refractivity contribution in [1.29, 1.82) is 0 Å². The predicted molar refractivity (Wildman–Crippen MR) is 77.1 cm³/mol. The van der Waals surface area contributed by atoms with Gasteiger partial charge in [0.25, 0.3) is 0 Å². The molecule has 0 saturated carbocycles. The van der Waals surface area contributed by atoms with Gasteiger partial charge in [0.1, 0.15) is 0 Å². The van der Waals surface area contributed by atoms with Crippen LogP contribution in [0.4, 0.5) is 5.69 Å². The van der Waals surface area contributed by atoms with Crippen LogP contribution in [0.15, 0.2) is 28.7 Å². The van der Waals surface area contributed by atoms with Crippen molar-refractivity contribution in [3.05, 3.63) is 28.7 Å². The molecule has 1 aliphatic rings. The SMILES string of the molecule is O=S(=O)(CC1CCNCC1)Nc1ccccc1Br. The molecule has 0 amide bonds. The molecular weight excluding hydrogens is 316 g/mol. The van der Waals surface area contributed by atoms with E-state index in [0.29, 0.717) is 5.69 Å². The summed E-state index contributed by atoms with van der Waals surface area (Å²) in [5, 5.41) is 3.24. The van der Waals surface area contributed by atoms with E-state index in [4.69, 9.17) is 0 Å². The Bertz CT molecular complexity index is 499. The summed E-state index contributed by atoms with van der Waals surface area (Å²) in [7, 11) is -3.26. The first-order valence-electron chi connectivity index (χ1n) is 6.02. The number of piperidine rings is 1. The molecule has 0 aliphatic carbocycles. The van der Waals surface area contributed by atoms with Gasteiger partial charge in [0.05, 0.1) is 11.4 Å². The average Bonchev–Trinajstić information content (AvgIpc) is 2.32. The fraction of sp³-hybridized carbons (Fsp3) is 0.500. The molecule has 1 aliphatic heterocycles. The van der Waals surface area contributed by atoms with Gasteiger partial charge in [0, 0.05) is 4.47 Å². The summed E-state index contributed by atoms with van der Waals surface area (Å²) < 4.78 is 27.5. The first kappa shape index (κ1) is 13.8. The third-order valence-corrected chi connectivity index (χ3v) is 5.19. The lowest BCUT2D eigenvalue weighted by atomic mass is 10.0. The maximum Gasteiger partial charge on any atom is 0.233 e.